The van der Waals surface area contributed by atoms with Crippen molar-refractivity contribution in [2.75, 3.05) is 0 Å². The van der Waals surface area contributed by atoms with E-state index in [1.807, 2.05) is 0 Å². The van der Waals surface area contributed by atoms with Crippen LogP contribution in [0.4, 0.5) is 0 Å². The van der Waals surface area contributed by atoms with Gasteiger partial charge in [0.05, 0.1) is 6.04 Å². The van der Waals surface area contributed by atoms with Gasteiger partial charge in [-0.25, -0.2) is 5.43 Å². The van der Waals surface area contributed by atoms with Gasteiger partial charge in [-0.2, -0.15) is 0 Å². The van der Waals surface area contributed by atoms with E-state index in [1.165, 1.54) is 22.3 Å². The molecule has 106 valence electrons. The van der Waals surface area contributed by atoms with Crippen molar-refractivity contribution in [1.29, 1.82) is 0 Å². The minimum Gasteiger partial charge on any atom is -0.271 e. The number of nitrogens with two attached hydrogens (primary N) is 1. The largest absolute Gasteiger partial charge is 0.271 e. The number of hydrogen-bond acceptors (Lipinski definition) is 2. The predicted molar refractivity (Wildman–Crippen MR) is 88.5 cm³/mol. The second kappa shape index (κ2) is 7.02. The first-order chi connectivity index (χ1) is 9.65. The van der Waals surface area contributed by atoms with Gasteiger partial charge < -0.3 is 0 Å². The monoisotopic (exact) mass is 332 g/mol. The van der Waals surface area contributed by atoms with Crippen molar-refractivity contribution in [3.8, 4) is 0 Å². The highest BCUT2D eigenvalue weighted by molar-refractivity contribution is 9.10. The van der Waals surface area contributed by atoms with Crippen LogP contribution in [0, 0.1) is 6.92 Å². The molecule has 0 saturated heterocycles. The average Bonchev–Trinajstić information content (AvgIpc) is 2.44. The average molecular weight is 333 g/mol. The quantitative estimate of drug-likeness (QED) is 0.634. The maximum atomic E-state index is 5.79. The number of benzene rings is 2. The van der Waals surface area contributed by atoms with Crippen molar-refractivity contribution in [1.82, 2.24) is 5.43 Å². The molecule has 3 N–H and O–H groups in total. The molecular weight excluding hydrogens is 312 g/mol. The minimum atomic E-state index is 0.0265. The first-order valence-corrected chi connectivity index (χ1v) is 7.76. The lowest BCUT2D eigenvalue weighted by atomic mass is 9.95. The van der Waals surface area contributed by atoms with Crippen molar-refractivity contribution in [2.24, 2.45) is 5.84 Å². The smallest absolute Gasteiger partial charge is 0.0710 e. The Bertz CT molecular complexity index is 581. The molecule has 1 unspecified atom stereocenters. The maximum Gasteiger partial charge on any atom is 0.0710 e. The highest BCUT2D eigenvalue weighted by Gasteiger charge is 2.13. The van der Waals surface area contributed by atoms with E-state index in [0.29, 0.717) is 0 Å². The highest BCUT2D eigenvalue weighted by atomic mass is 79.9. The minimum absolute atomic E-state index is 0.0265. The van der Waals surface area contributed by atoms with Crippen LogP contribution in [0.15, 0.2) is 46.9 Å². The zero-order valence-electron chi connectivity index (χ0n) is 12.0. The molecule has 2 aromatic carbocycles. The summed E-state index contributed by atoms with van der Waals surface area (Å²) in [6.45, 7) is 4.29. The lowest BCUT2D eigenvalue weighted by Crippen LogP contribution is -2.29. The third kappa shape index (κ3) is 3.48. The second-order valence-corrected chi connectivity index (χ2v) is 5.96. The van der Waals surface area contributed by atoms with E-state index >= 15 is 0 Å². The molecule has 1 atom stereocenters. The van der Waals surface area contributed by atoms with Crippen LogP contribution in [0.25, 0.3) is 0 Å². The SMILES string of the molecule is CCCc1cccc(C(NN)c2ccc(Br)c(C)c2)c1. The van der Waals surface area contributed by atoms with E-state index in [1.54, 1.807) is 0 Å². The van der Waals surface area contributed by atoms with Gasteiger partial charge in [0.25, 0.3) is 0 Å². The van der Waals surface area contributed by atoms with E-state index in [4.69, 9.17) is 5.84 Å². The molecule has 0 aliphatic carbocycles. The van der Waals surface area contributed by atoms with E-state index in [0.717, 1.165) is 17.3 Å². The Morgan fingerprint density at radius 3 is 2.55 bits per heavy atom. The topological polar surface area (TPSA) is 38.0 Å². The number of hydrazine groups is 1. The van der Waals surface area contributed by atoms with Crippen molar-refractivity contribution >= 4 is 15.9 Å². The first-order valence-electron chi connectivity index (χ1n) is 6.96. The number of rotatable bonds is 5. The summed E-state index contributed by atoms with van der Waals surface area (Å²) < 4.78 is 1.12. The predicted octanol–water partition coefficient (Wildman–Crippen LogP) is 4.26. The second-order valence-electron chi connectivity index (χ2n) is 5.10. The number of nitrogens with one attached hydrogen (secondary N) is 1. The molecule has 2 aromatic rings. The summed E-state index contributed by atoms with van der Waals surface area (Å²) in [5.41, 5.74) is 7.90. The molecule has 0 heterocycles. The fourth-order valence-corrected chi connectivity index (χ4v) is 2.70. The first kappa shape index (κ1) is 15.2. The Kier molecular flexibility index (Phi) is 5.35. The Balaban J connectivity index is 2.36. The molecule has 3 heteroatoms. The summed E-state index contributed by atoms with van der Waals surface area (Å²) in [6, 6.07) is 15.0. The summed E-state index contributed by atoms with van der Waals surface area (Å²) >= 11 is 3.54. The van der Waals surface area contributed by atoms with Gasteiger partial charge in [-0.15, -0.1) is 0 Å². The third-order valence-corrected chi connectivity index (χ3v) is 4.39. The summed E-state index contributed by atoms with van der Waals surface area (Å²) in [4.78, 5) is 0. The fourth-order valence-electron chi connectivity index (χ4n) is 2.45. The number of halogens is 1. The van der Waals surface area contributed by atoms with Gasteiger partial charge in [0, 0.05) is 4.47 Å². The van der Waals surface area contributed by atoms with Crippen molar-refractivity contribution in [2.45, 2.75) is 32.7 Å². The van der Waals surface area contributed by atoms with E-state index < -0.39 is 0 Å². The standard InChI is InChI=1S/C17H21BrN2/c1-3-5-13-6-4-7-14(11-13)17(20-19)15-8-9-16(18)12(2)10-15/h4,6-11,17,20H,3,5,19H2,1-2H3. The lowest BCUT2D eigenvalue weighted by Gasteiger charge is -2.18. The van der Waals surface area contributed by atoms with Gasteiger partial charge in [0.2, 0.25) is 0 Å². The number of hydrogen-bond donors (Lipinski definition) is 2. The van der Waals surface area contributed by atoms with Crippen LogP contribution in [-0.2, 0) is 6.42 Å². The van der Waals surface area contributed by atoms with Crippen LogP contribution in [0.2, 0.25) is 0 Å². The van der Waals surface area contributed by atoms with Gasteiger partial charge in [-0.1, -0.05) is 65.7 Å². The van der Waals surface area contributed by atoms with Crippen molar-refractivity contribution < 1.29 is 0 Å². The molecule has 0 bridgehead atoms. The van der Waals surface area contributed by atoms with Crippen molar-refractivity contribution in [3.63, 3.8) is 0 Å². The van der Waals surface area contributed by atoms with Crippen LogP contribution < -0.4 is 11.3 Å². The molecule has 0 aliphatic rings. The third-order valence-electron chi connectivity index (χ3n) is 3.51. The van der Waals surface area contributed by atoms with E-state index in [9.17, 15) is 0 Å². The highest BCUT2D eigenvalue weighted by Crippen LogP contribution is 2.26. The fraction of sp³-hybridized carbons (Fsp3) is 0.294. The zero-order valence-corrected chi connectivity index (χ0v) is 13.6. The van der Waals surface area contributed by atoms with Crippen LogP contribution in [-0.4, -0.2) is 0 Å². The van der Waals surface area contributed by atoms with E-state index in [2.05, 4.69) is 77.7 Å². The van der Waals surface area contributed by atoms with Crippen LogP contribution in [0.5, 0.6) is 0 Å². The maximum absolute atomic E-state index is 5.79. The number of aryl methyl sites for hydroxylation is 2. The summed E-state index contributed by atoms with van der Waals surface area (Å²) in [7, 11) is 0. The Hall–Kier alpha value is -1.16. The zero-order chi connectivity index (χ0) is 14.5. The van der Waals surface area contributed by atoms with E-state index in [-0.39, 0.29) is 6.04 Å². The summed E-state index contributed by atoms with van der Waals surface area (Å²) in [6.07, 6.45) is 2.26. The van der Waals surface area contributed by atoms with Gasteiger partial charge in [-0.05, 0) is 41.7 Å². The normalized spacial score (nSPS) is 12.4. The Morgan fingerprint density at radius 2 is 1.90 bits per heavy atom. The molecule has 0 fully saturated rings. The summed E-state index contributed by atoms with van der Waals surface area (Å²) in [5, 5.41) is 0. The molecule has 2 nitrogen and oxygen atoms in total. The summed E-state index contributed by atoms with van der Waals surface area (Å²) in [5.74, 6) is 5.79. The molecular formula is C17H21BrN2. The molecule has 0 radical (unpaired) electrons. The van der Waals surface area contributed by atoms with Gasteiger partial charge in [0.15, 0.2) is 0 Å². The van der Waals surface area contributed by atoms with Gasteiger partial charge in [0.1, 0.15) is 0 Å². The molecule has 20 heavy (non-hydrogen) atoms. The van der Waals surface area contributed by atoms with Gasteiger partial charge >= 0.3 is 0 Å². The lowest BCUT2D eigenvalue weighted by molar-refractivity contribution is 0.635. The van der Waals surface area contributed by atoms with Crippen molar-refractivity contribution in [3.05, 3.63) is 69.2 Å². The van der Waals surface area contributed by atoms with Crippen LogP contribution in [0.1, 0.15) is 41.6 Å². The molecule has 2 rings (SSSR count). The van der Waals surface area contributed by atoms with Crippen LogP contribution >= 0.6 is 15.9 Å². The molecule has 0 aliphatic heterocycles. The molecule has 0 amide bonds. The molecule has 0 aromatic heterocycles. The molecule has 0 spiro atoms. The van der Waals surface area contributed by atoms with Crippen LogP contribution in [0.3, 0.4) is 0 Å². The Labute approximate surface area is 129 Å². The molecule has 0 saturated carbocycles. The van der Waals surface area contributed by atoms with Gasteiger partial charge in [-0.3, -0.25) is 5.84 Å². The Morgan fingerprint density at radius 1 is 1.15 bits per heavy atom.